The van der Waals surface area contributed by atoms with E-state index in [0.717, 1.165) is 12.5 Å². The maximum atomic E-state index is 13.6. The molecule has 0 atom stereocenters. The smallest absolute Gasteiger partial charge is 0.243 e. The molecular formula is C17H20FNO4S. The van der Waals surface area contributed by atoms with Crippen molar-refractivity contribution < 1.29 is 22.3 Å². The van der Waals surface area contributed by atoms with Crippen LogP contribution in [-0.2, 0) is 16.6 Å². The summed E-state index contributed by atoms with van der Waals surface area (Å²) in [5.74, 6) is 0.331. The molecule has 0 aliphatic rings. The first-order valence-corrected chi connectivity index (χ1v) is 9.00. The van der Waals surface area contributed by atoms with Gasteiger partial charge in [0.2, 0.25) is 10.0 Å². The summed E-state index contributed by atoms with van der Waals surface area (Å²) in [5, 5.41) is 0. The molecule has 0 saturated carbocycles. The zero-order valence-electron chi connectivity index (χ0n) is 13.6. The summed E-state index contributed by atoms with van der Waals surface area (Å²) in [5.41, 5.74) is 0.676. The van der Waals surface area contributed by atoms with Gasteiger partial charge in [0.1, 0.15) is 10.7 Å². The molecule has 2 aromatic carbocycles. The van der Waals surface area contributed by atoms with E-state index >= 15 is 0 Å². The Labute approximate surface area is 141 Å². The first-order valence-electron chi connectivity index (χ1n) is 7.52. The summed E-state index contributed by atoms with van der Waals surface area (Å²) >= 11 is 0. The average Bonchev–Trinajstić information content (AvgIpc) is 2.58. The average molecular weight is 353 g/mol. The molecule has 0 radical (unpaired) electrons. The molecule has 2 rings (SSSR count). The molecule has 5 nitrogen and oxygen atoms in total. The predicted molar refractivity (Wildman–Crippen MR) is 89.2 cm³/mol. The van der Waals surface area contributed by atoms with Crippen molar-refractivity contribution in [3.8, 4) is 11.5 Å². The second-order valence-corrected chi connectivity index (χ2v) is 6.82. The van der Waals surface area contributed by atoms with Crippen LogP contribution in [0.2, 0.25) is 0 Å². The van der Waals surface area contributed by atoms with Crippen LogP contribution < -0.4 is 14.2 Å². The molecular weight excluding hydrogens is 333 g/mol. The lowest BCUT2D eigenvalue weighted by atomic mass is 10.2. The van der Waals surface area contributed by atoms with Gasteiger partial charge in [0.25, 0.3) is 0 Å². The molecule has 24 heavy (non-hydrogen) atoms. The molecule has 7 heteroatoms. The van der Waals surface area contributed by atoms with Gasteiger partial charge < -0.3 is 9.47 Å². The Balaban J connectivity index is 2.13. The van der Waals surface area contributed by atoms with E-state index in [1.807, 2.05) is 6.92 Å². The molecule has 0 heterocycles. The molecule has 0 fully saturated rings. The molecule has 2 aromatic rings. The van der Waals surface area contributed by atoms with Gasteiger partial charge in [-0.3, -0.25) is 0 Å². The van der Waals surface area contributed by atoms with E-state index < -0.39 is 15.8 Å². The highest BCUT2D eigenvalue weighted by molar-refractivity contribution is 7.89. The molecule has 0 aromatic heterocycles. The highest BCUT2D eigenvalue weighted by atomic mass is 32.2. The molecule has 0 saturated heterocycles. The summed E-state index contributed by atoms with van der Waals surface area (Å²) in [6, 6.07) is 10.4. The van der Waals surface area contributed by atoms with E-state index in [1.165, 1.54) is 25.3 Å². The fraction of sp³-hybridized carbons (Fsp3) is 0.294. The van der Waals surface area contributed by atoms with Crippen LogP contribution in [0.5, 0.6) is 11.5 Å². The van der Waals surface area contributed by atoms with Gasteiger partial charge >= 0.3 is 0 Å². The quantitative estimate of drug-likeness (QED) is 0.792. The van der Waals surface area contributed by atoms with Crippen molar-refractivity contribution in [3.05, 3.63) is 53.8 Å². The van der Waals surface area contributed by atoms with Crippen LogP contribution >= 0.6 is 0 Å². The third-order valence-electron chi connectivity index (χ3n) is 3.28. The van der Waals surface area contributed by atoms with Crippen molar-refractivity contribution >= 4 is 10.0 Å². The van der Waals surface area contributed by atoms with E-state index in [9.17, 15) is 12.8 Å². The van der Waals surface area contributed by atoms with E-state index in [-0.39, 0.29) is 11.4 Å². The van der Waals surface area contributed by atoms with Crippen LogP contribution in [-0.4, -0.2) is 22.1 Å². The number of methoxy groups -OCH3 is 1. The molecule has 1 N–H and O–H groups in total. The van der Waals surface area contributed by atoms with E-state index in [2.05, 4.69) is 4.72 Å². The van der Waals surface area contributed by atoms with Gasteiger partial charge in [0, 0.05) is 6.54 Å². The van der Waals surface area contributed by atoms with Gasteiger partial charge in [-0.2, -0.15) is 0 Å². The summed E-state index contributed by atoms with van der Waals surface area (Å²) in [4.78, 5) is -0.375. The van der Waals surface area contributed by atoms with Crippen LogP contribution in [0.3, 0.4) is 0 Å². The number of ether oxygens (including phenoxy) is 2. The van der Waals surface area contributed by atoms with Crippen LogP contribution in [0.15, 0.2) is 47.4 Å². The fourth-order valence-corrected chi connectivity index (χ4v) is 3.17. The molecule has 0 amide bonds. The number of benzene rings is 2. The summed E-state index contributed by atoms with van der Waals surface area (Å²) in [7, 11) is -2.41. The molecule has 0 bridgehead atoms. The van der Waals surface area contributed by atoms with E-state index in [1.54, 1.807) is 18.2 Å². The second kappa shape index (κ2) is 8.12. The molecule has 0 spiro atoms. The normalized spacial score (nSPS) is 11.3. The molecule has 0 unspecified atom stereocenters. The number of hydrogen-bond donors (Lipinski definition) is 1. The summed E-state index contributed by atoms with van der Waals surface area (Å²) in [6.45, 7) is 2.58. The number of nitrogens with one attached hydrogen (secondary N) is 1. The maximum absolute atomic E-state index is 13.6. The number of halogens is 1. The largest absolute Gasteiger partial charge is 0.493 e. The number of hydrogen-bond acceptors (Lipinski definition) is 4. The zero-order chi connectivity index (χ0) is 17.6. The standard InChI is InChI=1S/C17H20FNO4S/c1-3-10-23-15-9-8-13(11-16(15)22-2)12-19-24(20,21)17-7-5-4-6-14(17)18/h4-9,11,19H,3,10,12H2,1-2H3. The summed E-state index contributed by atoms with van der Waals surface area (Å²) in [6.07, 6.45) is 0.868. The summed E-state index contributed by atoms with van der Waals surface area (Å²) < 4.78 is 51.2. The zero-order valence-corrected chi connectivity index (χ0v) is 14.4. The van der Waals surface area contributed by atoms with E-state index in [4.69, 9.17) is 9.47 Å². The van der Waals surface area contributed by atoms with Crippen LogP contribution in [0.4, 0.5) is 4.39 Å². The lowest BCUT2D eigenvalue weighted by Crippen LogP contribution is -2.24. The van der Waals surface area contributed by atoms with Crippen molar-refractivity contribution in [1.29, 1.82) is 0 Å². The Morgan fingerprint density at radius 1 is 1.12 bits per heavy atom. The number of sulfonamides is 1. The van der Waals surface area contributed by atoms with Gasteiger partial charge in [-0.25, -0.2) is 17.5 Å². The van der Waals surface area contributed by atoms with Crippen molar-refractivity contribution in [3.63, 3.8) is 0 Å². The Kier molecular flexibility index (Phi) is 6.16. The van der Waals surface area contributed by atoms with Gasteiger partial charge in [0.15, 0.2) is 11.5 Å². The highest BCUT2D eigenvalue weighted by Crippen LogP contribution is 2.28. The third kappa shape index (κ3) is 4.46. The third-order valence-corrected chi connectivity index (χ3v) is 4.72. The first kappa shape index (κ1) is 18.2. The minimum Gasteiger partial charge on any atom is -0.493 e. The molecule has 130 valence electrons. The van der Waals surface area contributed by atoms with Crippen molar-refractivity contribution in [2.24, 2.45) is 0 Å². The first-order chi connectivity index (χ1) is 11.5. The minimum absolute atomic E-state index is 0.0150. The second-order valence-electron chi connectivity index (χ2n) is 5.09. The Morgan fingerprint density at radius 3 is 2.54 bits per heavy atom. The van der Waals surface area contributed by atoms with Crippen LogP contribution in [0.1, 0.15) is 18.9 Å². The van der Waals surface area contributed by atoms with Crippen molar-refractivity contribution in [2.45, 2.75) is 24.8 Å². The Hall–Kier alpha value is -2.12. The van der Waals surface area contributed by atoms with E-state index in [0.29, 0.717) is 23.7 Å². The monoisotopic (exact) mass is 353 g/mol. The SMILES string of the molecule is CCCOc1ccc(CNS(=O)(=O)c2ccccc2F)cc1OC. The molecule has 0 aliphatic heterocycles. The van der Waals surface area contributed by atoms with Gasteiger partial charge in [-0.15, -0.1) is 0 Å². The number of rotatable bonds is 8. The van der Waals surface area contributed by atoms with Crippen LogP contribution in [0, 0.1) is 5.82 Å². The van der Waals surface area contributed by atoms with Crippen LogP contribution in [0.25, 0.3) is 0 Å². The lowest BCUT2D eigenvalue weighted by Gasteiger charge is -2.12. The van der Waals surface area contributed by atoms with Gasteiger partial charge in [-0.1, -0.05) is 25.1 Å². The van der Waals surface area contributed by atoms with Gasteiger partial charge in [0.05, 0.1) is 13.7 Å². The minimum atomic E-state index is -3.93. The maximum Gasteiger partial charge on any atom is 0.243 e. The van der Waals surface area contributed by atoms with Crippen molar-refractivity contribution in [2.75, 3.05) is 13.7 Å². The fourth-order valence-electron chi connectivity index (χ4n) is 2.07. The Bertz CT molecular complexity index is 793. The molecule has 0 aliphatic carbocycles. The Morgan fingerprint density at radius 2 is 1.88 bits per heavy atom. The highest BCUT2D eigenvalue weighted by Gasteiger charge is 2.18. The predicted octanol–water partition coefficient (Wildman–Crippen LogP) is 3.10. The van der Waals surface area contributed by atoms with Crippen molar-refractivity contribution in [1.82, 2.24) is 4.72 Å². The topological polar surface area (TPSA) is 64.6 Å². The van der Waals surface area contributed by atoms with Gasteiger partial charge in [-0.05, 0) is 36.2 Å². The lowest BCUT2D eigenvalue weighted by molar-refractivity contribution is 0.294.